The molecule has 4 heteroatoms. The quantitative estimate of drug-likeness (QED) is 0.508. The van der Waals surface area contributed by atoms with Gasteiger partial charge < -0.3 is 5.32 Å². The smallest absolute Gasteiger partial charge is 0.208 e. The van der Waals surface area contributed by atoms with Crippen LogP contribution in [0.5, 0.6) is 0 Å². The summed E-state index contributed by atoms with van der Waals surface area (Å²) in [6, 6.07) is 15.7. The molecule has 1 atom stereocenters. The minimum atomic E-state index is -0.140. The van der Waals surface area contributed by atoms with Gasteiger partial charge in [-0.3, -0.25) is 4.79 Å². The van der Waals surface area contributed by atoms with Crippen molar-refractivity contribution in [2.75, 3.05) is 0 Å². The highest BCUT2D eigenvalue weighted by atomic mass is 35.5. The molecule has 0 spiro atoms. The van der Waals surface area contributed by atoms with Crippen molar-refractivity contribution >= 4 is 29.8 Å². The molecule has 98 valence electrons. The summed E-state index contributed by atoms with van der Waals surface area (Å²) in [5.74, 6) is 0. The van der Waals surface area contributed by atoms with Gasteiger partial charge in [0.05, 0.1) is 0 Å². The van der Waals surface area contributed by atoms with Gasteiger partial charge >= 0.3 is 0 Å². The molecule has 0 saturated carbocycles. The van der Waals surface area contributed by atoms with E-state index in [1.54, 1.807) is 11.8 Å². The summed E-state index contributed by atoms with van der Waals surface area (Å²) in [6.45, 7) is 2.05. The molecule has 0 bridgehead atoms. The molecule has 0 aliphatic rings. The summed E-state index contributed by atoms with van der Waals surface area (Å²) in [7, 11) is 0. The van der Waals surface area contributed by atoms with Crippen molar-refractivity contribution in [2.45, 2.75) is 17.2 Å². The number of benzene rings is 2. The lowest BCUT2D eigenvalue weighted by Gasteiger charge is -2.16. The number of carbonyl (C=O) groups is 1. The van der Waals surface area contributed by atoms with E-state index in [1.807, 2.05) is 43.3 Å². The zero-order chi connectivity index (χ0) is 13.7. The summed E-state index contributed by atoms with van der Waals surface area (Å²) in [5.41, 5.74) is 2.19. The number of nitrogens with one attached hydrogen (secondary N) is 1. The molecular weight excluding hydrogens is 278 g/mol. The third-order valence-electron chi connectivity index (χ3n) is 2.65. The average Bonchev–Trinajstić information content (AvgIpc) is 2.41. The topological polar surface area (TPSA) is 29.1 Å². The Morgan fingerprint density at radius 3 is 2.58 bits per heavy atom. The van der Waals surface area contributed by atoms with Crippen LogP contribution in [0.2, 0.25) is 5.02 Å². The highest BCUT2D eigenvalue weighted by Crippen LogP contribution is 2.33. The number of rotatable bonds is 5. The second-order valence-electron chi connectivity index (χ2n) is 4.15. The first-order chi connectivity index (χ1) is 9.19. The van der Waals surface area contributed by atoms with E-state index in [2.05, 4.69) is 17.4 Å². The fraction of sp³-hybridized carbons (Fsp3) is 0.133. The number of hydrogen-bond acceptors (Lipinski definition) is 2. The molecule has 1 amide bonds. The first-order valence-electron chi connectivity index (χ1n) is 5.87. The molecule has 2 aromatic rings. The van der Waals surface area contributed by atoms with E-state index in [1.165, 1.54) is 5.56 Å². The molecule has 2 rings (SSSR count). The third-order valence-corrected chi connectivity index (χ3v) is 4.07. The van der Waals surface area contributed by atoms with Gasteiger partial charge in [-0.1, -0.05) is 53.2 Å². The Bertz CT molecular complexity index is 556. The van der Waals surface area contributed by atoms with E-state index >= 15 is 0 Å². The second kappa shape index (κ2) is 6.64. The number of thioether (sulfide) groups is 1. The van der Waals surface area contributed by atoms with Crippen LogP contribution in [0.25, 0.3) is 0 Å². The fourth-order valence-corrected chi connectivity index (χ4v) is 2.85. The molecule has 1 unspecified atom stereocenters. The first kappa shape index (κ1) is 14.0. The van der Waals surface area contributed by atoms with Crippen LogP contribution < -0.4 is 5.32 Å². The maximum atomic E-state index is 10.8. The van der Waals surface area contributed by atoms with E-state index in [4.69, 9.17) is 11.6 Å². The van der Waals surface area contributed by atoms with E-state index in [9.17, 15) is 4.79 Å². The Balaban J connectivity index is 2.20. The van der Waals surface area contributed by atoms with Gasteiger partial charge in [-0.2, -0.15) is 0 Å². The summed E-state index contributed by atoms with van der Waals surface area (Å²) in [5, 5.41) is 3.34. The SMILES string of the molecule is Cc1ccc(SC(NC=O)c2cccc(Cl)c2)cc1. The normalized spacial score (nSPS) is 11.9. The molecular formula is C15H14ClNOS. The molecule has 2 nitrogen and oxygen atoms in total. The van der Waals surface area contributed by atoms with Crippen molar-refractivity contribution < 1.29 is 4.79 Å². The molecule has 0 radical (unpaired) electrons. The first-order valence-corrected chi connectivity index (χ1v) is 7.13. The van der Waals surface area contributed by atoms with Crippen LogP contribution in [0.15, 0.2) is 53.4 Å². The molecule has 0 heterocycles. The molecule has 0 aliphatic heterocycles. The van der Waals surface area contributed by atoms with Gasteiger partial charge in [0.2, 0.25) is 6.41 Å². The number of halogens is 1. The minimum Gasteiger partial charge on any atom is -0.342 e. The van der Waals surface area contributed by atoms with Crippen LogP contribution in [0, 0.1) is 6.92 Å². The number of hydrogen-bond donors (Lipinski definition) is 1. The predicted molar refractivity (Wildman–Crippen MR) is 80.4 cm³/mol. The summed E-state index contributed by atoms with van der Waals surface area (Å²) in [4.78, 5) is 11.9. The largest absolute Gasteiger partial charge is 0.342 e. The van der Waals surface area contributed by atoms with Gasteiger partial charge in [-0.15, -0.1) is 0 Å². The molecule has 1 N–H and O–H groups in total. The van der Waals surface area contributed by atoms with Gasteiger partial charge in [0.15, 0.2) is 0 Å². The minimum absolute atomic E-state index is 0.140. The summed E-state index contributed by atoms with van der Waals surface area (Å²) >= 11 is 7.57. The van der Waals surface area contributed by atoms with E-state index in [0.29, 0.717) is 11.4 Å². The zero-order valence-electron chi connectivity index (χ0n) is 10.5. The molecule has 19 heavy (non-hydrogen) atoms. The van der Waals surface area contributed by atoms with Crippen LogP contribution in [-0.2, 0) is 4.79 Å². The maximum absolute atomic E-state index is 10.8. The van der Waals surface area contributed by atoms with Gasteiger partial charge in [-0.25, -0.2) is 0 Å². The highest BCUT2D eigenvalue weighted by molar-refractivity contribution is 7.99. The standard InChI is InChI=1S/C15H14ClNOS/c1-11-5-7-14(8-6-11)19-15(17-10-18)12-3-2-4-13(16)9-12/h2-10,15H,1H3,(H,17,18). The lowest BCUT2D eigenvalue weighted by Crippen LogP contribution is -2.16. The van der Waals surface area contributed by atoms with Gasteiger partial charge in [0, 0.05) is 9.92 Å². The highest BCUT2D eigenvalue weighted by Gasteiger charge is 2.12. The Kier molecular flexibility index (Phi) is 4.88. The van der Waals surface area contributed by atoms with Crippen molar-refractivity contribution in [3.05, 3.63) is 64.7 Å². The predicted octanol–water partition coefficient (Wildman–Crippen LogP) is 4.19. The van der Waals surface area contributed by atoms with E-state index in [-0.39, 0.29) is 5.37 Å². The van der Waals surface area contributed by atoms with Crippen LogP contribution >= 0.6 is 23.4 Å². The molecule has 0 fully saturated rings. The van der Waals surface area contributed by atoms with Crippen molar-refractivity contribution in [2.24, 2.45) is 0 Å². The lowest BCUT2D eigenvalue weighted by atomic mass is 10.2. The Labute approximate surface area is 122 Å². The third kappa shape index (κ3) is 4.01. The van der Waals surface area contributed by atoms with Crippen molar-refractivity contribution in [1.29, 1.82) is 0 Å². The second-order valence-corrected chi connectivity index (χ2v) is 5.77. The Morgan fingerprint density at radius 2 is 1.95 bits per heavy atom. The number of aryl methyl sites for hydroxylation is 1. The summed E-state index contributed by atoms with van der Waals surface area (Å²) < 4.78 is 0. The molecule has 2 aromatic carbocycles. The average molecular weight is 292 g/mol. The van der Waals surface area contributed by atoms with Crippen LogP contribution in [0.4, 0.5) is 0 Å². The van der Waals surface area contributed by atoms with Gasteiger partial charge in [-0.05, 0) is 36.8 Å². The summed E-state index contributed by atoms with van der Waals surface area (Å²) in [6.07, 6.45) is 0.715. The molecule has 0 aromatic heterocycles. The Morgan fingerprint density at radius 1 is 1.21 bits per heavy atom. The fourth-order valence-electron chi connectivity index (χ4n) is 1.68. The number of carbonyl (C=O) groups excluding carboxylic acids is 1. The van der Waals surface area contributed by atoms with Gasteiger partial charge in [0.25, 0.3) is 0 Å². The van der Waals surface area contributed by atoms with Crippen LogP contribution in [-0.4, -0.2) is 6.41 Å². The van der Waals surface area contributed by atoms with Crippen molar-refractivity contribution in [1.82, 2.24) is 5.32 Å². The van der Waals surface area contributed by atoms with Crippen molar-refractivity contribution in [3.63, 3.8) is 0 Å². The van der Waals surface area contributed by atoms with Crippen molar-refractivity contribution in [3.8, 4) is 0 Å². The Hall–Kier alpha value is -1.45. The molecule has 0 aliphatic carbocycles. The monoisotopic (exact) mass is 291 g/mol. The maximum Gasteiger partial charge on any atom is 0.208 e. The van der Waals surface area contributed by atoms with E-state index in [0.717, 1.165) is 10.5 Å². The van der Waals surface area contributed by atoms with Crippen LogP contribution in [0.3, 0.4) is 0 Å². The van der Waals surface area contributed by atoms with Crippen LogP contribution in [0.1, 0.15) is 16.5 Å². The van der Waals surface area contributed by atoms with E-state index < -0.39 is 0 Å². The number of amides is 1. The molecule has 0 saturated heterocycles. The van der Waals surface area contributed by atoms with Gasteiger partial charge in [0.1, 0.15) is 5.37 Å². The lowest BCUT2D eigenvalue weighted by molar-refractivity contribution is -0.109. The zero-order valence-corrected chi connectivity index (χ0v) is 12.0.